The quantitative estimate of drug-likeness (QED) is 0.179. The van der Waals surface area contributed by atoms with E-state index in [1.807, 2.05) is 0 Å². The van der Waals surface area contributed by atoms with E-state index in [1.165, 1.54) is 36.4 Å². The van der Waals surface area contributed by atoms with Crippen LogP contribution in [0.15, 0.2) is 47.0 Å². The third kappa shape index (κ3) is 6.54. The number of nitrogens with one attached hydrogen (secondary N) is 1. The van der Waals surface area contributed by atoms with Gasteiger partial charge in [-0.05, 0) is 50.9 Å². The van der Waals surface area contributed by atoms with Crippen molar-refractivity contribution in [3.05, 3.63) is 58.3 Å². The number of carbonyl (C=O) groups excluding carboxylic acids is 1. The molecule has 0 atom stereocenters. The van der Waals surface area contributed by atoms with Crippen LogP contribution < -0.4 is 15.8 Å². The molecular formula is C25H29N5O7. The molecule has 12 nitrogen and oxygen atoms in total. The van der Waals surface area contributed by atoms with Gasteiger partial charge >= 0.3 is 0 Å². The van der Waals surface area contributed by atoms with Gasteiger partial charge in [-0.3, -0.25) is 14.9 Å². The Morgan fingerprint density at radius 2 is 1.92 bits per heavy atom. The first-order valence-electron chi connectivity index (χ1n) is 12.0. The molecule has 1 aliphatic rings. The number of ether oxygens (including phenoxy) is 1. The van der Waals surface area contributed by atoms with E-state index >= 15 is 0 Å². The Labute approximate surface area is 212 Å². The molecule has 1 fully saturated rings. The van der Waals surface area contributed by atoms with Gasteiger partial charge in [-0.1, -0.05) is 5.16 Å². The average molecular weight is 512 g/mol. The highest BCUT2D eigenvalue weighted by molar-refractivity contribution is 5.93. The molecule has 0 saturated carbocycles. The number of nitrogens with zero attached hydrogens (tertiary/aromatic N) is 3. The lowest BCUT2D eigenvalue weighted by Gasteiger charge is -2.32. The van der Waals surface area contributed by atoms with Gasteiger partial charge in [-0.2, -0.15) is 0 Å². The monoisotopic (exact) mass is 511 g/mol. The average Bonchev–Trinajstić information content (AvgIpc) is 3.35. The highest BCUT2D eigenvalue weighted by Crippen LogP contribution is 2.43. The topological polar surface area (TPSA) is 177 Å². The highest BCUT2D eigenvalue weighted by atomic mass is 16.6. The van der Waals surface area contributed by atoms with Crippen LogP contribution in [0.1, 0.15) is 36.2 Å². The van der Waals surface area contributed by atoms with E-state index in [0.29, 0.717) is 6.54 Å². The standard InChI is InChI=1S/C25H29N5O7/c26-9-1-2-10-29-11-7-16(8-12-29)27-25(33)20-15-23(37-28-20)24-21(32)13-18(31)14-22(24)36-19-5-3-17(4-6-19)30(34)35/h3-6,13-16,31-32H,1-2,7-12,26H2,(H,27,33). The number of unbranched alkanes of at least 4 members (excludes halogenated alkanes) is 1. The van der Waals surface area contributed by atoms with Crippen molar-refractivity contribution >= 4 is 11.6 Å². The van der Waals surface area contributed by atoms with Gasteiger partial charge in [0.1, 0.15) is 28.6 Å². The van der Waals surface area contributed by atoms with E-state index in [2.05, 4.69) is 15.4 Å². The summed E-state index contributed by atoms with van der Waals surface area (Å²) < 4.78 is 11.1. The van der Waals surface area contributed by atoms with Crippen LogP contribution in [0.5, 0.6) is 23.0 Å². The number of aromatic nitrogens is 1. The Hall–Kier alpha value is -4.16. The first kappa shape index (κ1) is 25.9. The fraction of sp³-hybridized carbons (Fsp3) is 0.360. The summed E-state index contributed by atoms with van der Waals surface area (Å²) in [5.41, 5.74) is 5.54. The third-order valence-corrected chi connectivity index (χ3v) is 6.18. The number of nitro benzene ring substituents is 1. The Kier molecular flexibility index (Phi) is 8.21. The number of nitrogens with two attached hydrogens (primary N) is 1. The molecule has 0 spiro atoms. The number of hydrogen-bond acceptors (Lipinski definition) is 10. The van der Waals surface area contributed by atoms with Crippen molar-refractivity contribution in [1.82, 2.24) is 15.4 Å². The van der Waals surface area contributed by atoms with E-state index in [1.54, 1.807) is 0 Å². The lowest BCUT2D eigenvalue weighted by molar-refractivity contribution is -0.384. The summed E-state index contributed by atoms with van der Waals surface area (Å²) in [6.07, 6.45) is 3.72. The number of likely N-dealkylation sites (tertiary alicyclic amines) is 1. The molecule has 3 aromatic rings. The summed E-state index contributed by atoms with van der Waals surface area (Å²) in [4.78, 5) is 25.5. The zero-order chi connectivity index (χ0) is 26.4. The van der Waals surface area contributed by atoms with Gasteiger partial charge in [-0.25, -0.2) is 0 Å². The van der Waals surface area contributed by atoms with Crippen LogP contribution in [-0.2, 0) is 0 Å². The lowest BCUT2D eigenvalue weighted by Crippen LogP contribution is -2.45. The predicted octanol–water partition coefficient (Wildman–Crippen LogP) is 3.39. The molecule has 1 saturated heterocycles. The zero-order valence-corrected chi connectivity index (χ0v) is 20.1. The molecule has 1 amide bonds. The number of benzene rings is 2. The maximum Gasteiger partial charge on any atom is 0.273 e. The van der Waals surface area contributed by atoms with Gasteiger partial charge < -0.3 is 35.4 Å². The minimum atomic E-state index is -0.538. The summed E-state index contributed by atoms with van der Waals surface area (Å²) in [6.45, 7) is 3.48. The number of phenolic OH excluding ortho intramolecular Hbond substituents is 2. The second-order valence-electron chi connectivity index (χ2n) is 8.85. The number of carbonyl (C=O) groups is 1. The summed E-state index contributed by atoms with van der Waals surface area (Å²) in [6, 6.07) is 9.03. The van der Waals surface area contributed by atoms with Crippen LogP contribution in [0.2, 0.25) is 0 Å². The van der Waals surface area contributed by atoms with E-state index < -0.39 is 10.8 Å². The molecule has 0 radical (unpaired) electrons. The summed E-state index contributed by atoms with van der Waals surface area (Å²) in [7, 11) is 0. The molecule has 1 aliphatic heterocycles. The predicted molar refractivity (Wildman–Crippen MR) is 134 cm³/mol. The molecule has 0 aliphatic carbocycles. The third-order valence-electron chi connectivity index (χ3n) is 6.18. The van der Waals surface area contributed by atoms with Gasteiger partial charge in [0.25, 0.3) is 11.6 Å². The normalized spacial score (nSPS) is 14.4. The number of rotatable bonds is 10. The number of hydrogen-bond donors (Lipinski definition) is 4. The van der Waals surface area contributed by atoms with Crippen LogP contribution in [0, 0.1) is 10.1 Å². The highest BCUT2D eigenvalue weighted by Gasteiger charge is 2.25. The minimum absolute atomic E-state index is 0.0106. The van der Waals surface area contributed by atoms with Crippen molar-refractivity contribution < 1.29 is 29.2 Å². The number of nitro groups is 1. The van der Waals surface area contributed by atoms with Crippen molar-refractivity contribution in [2.24, 2.45) is 5.73 Å². The fourth-order valence-corrected chi connectivity index (χ4v) is 4.22. The van der Waals surface area contributed by atoms with Gasteiger partial charge in [0, 0.05) is 49.5 Å². The minimum Gasteiger partial charge on any atom is -0.508 e. The second-order valence-corrected chi connectivity index (χ2v) is 8.85. The second kappa shape index (κ2) is 11.7. The summed E-state index contributed by atoms with van der Waals surface area (Å²) >= 11 is 0. The molecule has 1 aromatic heterocycles. The molecule has 5 N–H and O–H groups in total. The number of non-ortho nitro benzene ring substituents is 1. The van der Waals surface area contributed by atoms with Crippen molar-refractivity contribution in [2.75, 3.05) is 26.2 Å². The van der Waals surface area contributed by atoms with Crippen LogP contribution in [-0.4, -0.2) is 63.3 Å². The SMILES string of the molecule is NCCCCN1CCC(NC(=O)c2cc(-c3c(O)cc(O)cc3Oc3ccc([N+](=O)[O-])cc3)on2)CC1. The van der Waals surface area contributed by atoms with Crippen molar-refractivity contribution in [2.45, 2.75) is 31.7 Å². The van der Waals surface area contributed by atoms with E-state index in [4.69, 9.17) is 15.0 Å². The molecular weight excluding hydrogens is 482 g/mol. The molecule has 37 heavy (non-hydrogen) atoms. The number of piperidine rings is 1. The van der Waals surface area contributed by atoms with E-state index in [9.17, 15) is 25.1 Å². The maximum atomic E-state index is 12.8. The largest absolute Gasteiger partial charge is 0.508 e. The lowest BCUT2D eigenvalue weighted by atomic mass is 10.0. The zero-order valence-electron chi connectivity index (χ0n) is 20.1. The molecule has 0 bridgehead atoms. The van der Waals surface area contributed by atoms with Crippen molar-refractivity contribution in [3.63, 3.8) is 0 Å². The van der Waals surface area contributed by atoms with Crippen molar-refractivity contribution in [3.8, 4) is 34.3 Å². The molecule has 2 heterocycles. The number of aromatic hydroxyl groups is 2. The Balaban J connectivity index is 1.44. The molecule has 4 rings (SSSR count). The van der Waals surface area contributed by atoms with Crippen LogP contribution in [0.4, 0.5) is 5.69 Å². The maximum absolute atomic E-state index is 12.8. The van der Waals surface area contributed by atoms with Crippen molar-refractivity contribution in [1.29, 1.82) is 0 Å². The first-order chi connectivity index (χ1) is 17.8. The molecule has 196 valence electrons. The van der Waals surface area contributed by atoms with E-state index in [0.717, 1.165) is 51.4 Å². The summed E-state index contributed by atoms with van der Waals surface area (Å²) in [5, 5.41) is 38.2. The smallest absolute Gasteiger partial charge is 0.273 e. The van der Waals surface area contributed by atoms with E-state index in [-0.39, 0.29) is 51.7 Å². The Morgan fingerprint density at radius 3 is 2.59 bits per heavy atom. The first-order valence-corrected chi connectivity index (χ1v) is 12.0. The van der Waals surface area contributed by atoms with Gasteiger partial charge in [-0.15, -0.1) is 0 Å². The number of amides is 1. The molecule has 0 unspecified atom stereocenters. The number of phenols is 2. The fourth-order valence-electron chi connectivity index (χ4n) is 4.22. The van der Waals surface area contributed by atoms with Crippen LogP contribution in [0.3, 0.4) is 0 Å². The molecule has 12 heteroatoms. The molecule has 2 aromatic carbocycles. The van der Waals surface area contributed by atoms with Crippen LogP contribution in [0.25, 0.3) is 11.3 Å². The summed E-state index contributed by atoms with van der Waals surface area (Å²) in [5.74, 6) is -0.741. The Morgan fingerprint density at radius 1 is 1.19 bits per heavy atom. The van der Waals surface area contributed by atoms with Crippen LogP contribution >= 0.6 is 0 Å². The Bertz CT molecular complexity index is 1240. The van der Waals surface area contributed by atoms with Gasteiger partial charge in [0.15, 0.2) is 11.5 Å². The van der Waals surface area contributed by atoms with Gasteiger partial charge in [0.2, 0.25) is 0 Å². The van der Waals surface area contributed by atoms with Gasteiger partial charge in [0.05, 0.1) is 4.92 Å².